The van der Waals surface area contributed by atoms with Crippen molar-refractivity contribution >= 4 is 15.9 Å². The molecule has 1 fully saturated rings. The number of hydrogen-bond donors (Lipinski definition) is 1. The summed E-state index contributed by atoms with van der Waals surface area (Å²) >= 11 is 3.70. The highest BCUT2D eigenvalue weighted by molar-refractivity contribution is 9.10. The van der Waals surface area contributed by atoms with Gasteiger partial charge in [-0.3, -0.25) is 4.90 Å². The highest BCUT2D eigenvalue weighted by atomic mass is 79.9. The maximum atomic E-state index is 6.16. The minimum atomic E-state index is 0.525. The zero-order valence-electron chi connectivity index (χ0n) is 17.8. The molecule has 0 bridgehead atoms. The van der Waals surface area contributed by atoms with Crippen LogP contribution in [0.15, 0.2) is 40.9 Å². The number of nitrogens with zero attached hydrogens (tertiary/aromatic N) is 1. The molecule has 1 aliphatic heterocycles. The number of ether oxygens (including phenoxy) is 2. The van der Waals surface area contributed by atoms with Crippen molar-refractivity contribution in [2.24, 2.45) is 0 Å². The lowest BCUT2D eigenvalue weighted by Gasteiger charge is -2.23. The van der Waals surface area contributed by atoms with Gasteiger partial charge >= 0.3 is 0 Å². The quantitative estimate of drug-likeness (QED) is 0.520. The maximum absolute atomic E-state index is 6.16. The molecular weight excluding hydrogens is 428 g/mol. The summed E-state index contributed by atoms with van der Waals surface area (Å²) in [4.78, 5) is 2.57. The first kappa shape index (κ1) is 22.1. The van der Waals surface area contributed by atoms with Crippen LogP contribution in [0.3, 0.4) is 0 Å². The number of hydrogen-bond acceptors (Lipinski definition) is 4. The summed E-state index contributed by atoms with van der Waals surface area (Å²) in [5, 5.41) is 3.63. The molecule has 1 aliphatic rings. The molecule has 0 unspecified atom stereocenters. The highest BCUT2D eigenvalue weighted by Crippen LogP contribution is 2.37. The summed E-state index contributed by atoms with van der Waals surface area (Å²) in [7, 11) is 0. The largest absolute Gasteiger partial charge is 0.490 e. The first-order valence-electron chi connectivity index (χ1n) is 10.7. The van der Waals surface area contributed by atoms with Crippen molar-refractivity contribution in [1.82, 2.24) is 10.2 Å². The molecule has 0 spiro atoms. The number of benzene rings is 2. The van der Waals surface area contributed by atoms with Crippen molar-refractivity contribution in [3.05, 3.63) is 57.6 Å². The topological polar surface area (TPSA) is 33.7 Å². The molecule has 2 aromatic carbocycles. The molecule has 1 atom stereocenters. The Bertz CT molecular complexity index is 796. The first-order valence-corrected chi connectivity index (χ1v) is 11.5. The molecule has 0 radical (unpaired) electrons. The summed E-state index contributed by atoms with van der Waals surface area (Å²) in [6.07, 6.45) is 2.60. The fourth-order valence-corrected chi connectivity index (χ4v) is 4.58. The third kappa shape index (κ3) is 5.97. The third-order valence-corrected chi connectivity index (χ3v) is 6.21. The van der Waals surface area contributed by atoms with Gasteiger partial charge in [-0.1, -0.05) is 31.2 Å². The lowest BCUT2D eigenvalue weighted by molar-refractivity contribution is 0.259. The van der Waals surface area contributed by atoms with Crippen LogP contribution in [-0.4, -0.2) is 37.2 Å². The Morgan fingerprint density at radius 2 is 2.00 bits per heavy atom. The minimum absolute atomic E-state index is 0.525. The van der Waals surface area contributed by atoms with Gasteiger partial charge in [-0.2, -0.15) is 0 Å². The Morgan fingerprint density at radius 1 is 1.17 bits per heavy atom. The third-order valence-electron chi connectivity index (χ3n) is 5.62. The Kier molecular flexibility index (Phi) is 8.40. The van der Waals surface area contributed by atoms with Crippen molar-refractivity contribution in [3.63, 3.8) is 0 Å². The molecule has 2 aromatic rings. The second-order valence-electron chi connectivity index (χ2n) is 7.61. The van der Waals surface area contributed by atoms with Gasteiger partial charge in [0.2, 0.25) is 0 Å². The van der Waals surface area contributed by atoms with Crippen LogP contribution in [0.1, 0.15) is 43.4 Å². The van der Waals surface area contributed by atoms with Crippen LogP contribution >= 0.6 is 15.9 Å². The van der Waals surface area contributed by atoms with Crippen LogP contribution in [0.4, 0.5) is 0 Å². The van der Waals surface area contributed by atoms with Crippen LogP contribution in [0.2, 0.25) is 0 Å². The van der Waals surface area contributed by atoms with E-state index in [0.717, 1.165) is 35.6 Å². The zero-order chi connectivity index (χ0) is 20.6. The van der Waals surface area contributed by atoms with Crippen LogP contribution in [0.25, 0.3) is 0 Å². The predicted octanol–water partition coefficient (Wildman–Crippen LogP) is 5.31. The Balaban J connectivity index is 1.65. The molecule has 0 saturated carbocycles. The van der Waals surface area contributed by atoms with E-state index in [0.29, 0.717) is 19.3 Å². The van der Waals surface area contributed by atoms with Crippen molar-refractivity contribution in [2.45, 2.75) is 52.8 Å². The van der Waals surface area contributed by atoms with E-state index in [-0.39, 0.29) is 0 Å². The van der Waals surface area contributed by atoms with Gasteiger partial charge in [-0.25, -0.2) is 0 Å². The summed E-state index contributed by atoms with van der Waals surface area (Å²) in [6.45, 7) is 11.7. The second kappa shape index (κ2) is 11.0. The van der Waals surface area contributed by atoms with Gasteiger partial charge in [0.15, 0.2) is 11.5 Å². The van der Waals surface area contributed by atoms with E-state index < -0.39 is 0 Å². The molecule has 158 valence electrons. The molecule has 0 aromatic heterocycles. The van der Waals surface area contributed by atoms with Gasteiger partial charge in [0.1, 0.15) is 6.61 Å². The van der Waals surface area contributed by atoms with Gasteiger partial charge in [-0.05, 0) is 84.5 Å². The van der Waals surface area contributed by atoms with Crippen LogP contribution in [0, 0.1) is 6.92 Å². The van der Waals surface area contributed by atoms with Crippen molar-refractivity contribution in [3.8, 4) is 11.5 Å². The molecule has 1 heterocycles. The van der Waals surface area contributed by atoms with Crippen LogP contribution < -0.4 is 14.8 Å². The molecule has 4 nitrogen and oxygen atoms in total. The normalized spacial score (nSPS) is 16.9. The second-order valence-corrected chi connectivity index (χ2v) is 8.46. The minimum Gasteiger partial charge on any atom is -0.490 e. The highest BCUT2D eigenvalue weighted by Gasteiger charge is 2.22. The number of rotatable bonds is 10. The van der Waals surface area contributed by atoms with Crippen LogP contribution in [-0.2, 0) is 13.2 Å². The molecule has 29 heavy (non-hydrogen) atoms. The van der Waals surface area contributed by atoms with E-state index >= 15 is 0 Å². The molecule has 5 heteroatoms. The zero-order valence-corrected chi connectivity index (χ0v) is 19.4. The van der Waals surface area contributed by atoms with Crippen molar-refractivity contribution in [1.29, 1.82) is 0 Å². The molecule has 0 aliphatic carbocycles. The summed E-state index contributed by atoms with van der Waals surface area (Å²) < 4.78 is 13.0. The van der Waals surface area contributed by atoms with E-state index in [9.17, 15) is 0 Å². The average molecular weight is 461 g/mol. The fourth-order valence-electron chi connectivity index (χ4n) is 3.97. The van der Waals surface area contributed by atoms with E-state index in [2.05, 4.69) is 64.3 Å². The molecular formula is C24H33BrN2O2. The molecule has 0 amide bonds. The number of likely N-dealkylation sites (N-methyl/N-ethyl adjacent to an activating group) is 1. The smallest absolute Gasteiger partial charge is 0.175 e. The Labute approximate surface area is 183 Å². The Hall–Kier alpha value is -1.56. The summed E-state index contributed by atoms with van der Waals surface area (Å²) in [5.74, 6) is 1.56. The van der Waals surface area contributed by atoms with Gasteiger partial charge in [0.25, 0.3) is 0 Å². The van der Waals surface area contributed by atoms with E-state index in [4.69, 9.17) is 9.47 Å². The lowest BCUT2D eigenvalue weighted by atomic mass is 10.1. The predicted molar refractivity (Wildman–Crippen MR) is 123 cm³/mol. The Morgan fingerprint density at radius 3 is 2.76 bits per heavy atom. The number of aryl methyl sites for hydroxylation is 1. The lowest BCUT2D eigenvalue weighted by Crippen LogP contribution is -2.37. The van der Waals surface area contributed by atoms with Crippen molar-refractivity contribution in [2.75, 3.05) is 26.2 Å². The molecule has 3 rings (SSSR count). The van der Waals surface area contributed by atoms with Gasteiger partial charge in [0, 0.05) is 19.1 Å². The van der Waals surface area contributed by atoms with Gasteiger partial charge < -0.3 is 14.8 Å². The first-order chi connectivity index (χ1) is 14.1. The molecule has 1 saturated heterocycles. The molecule has 1 N–H and O–H groups in total. The van der Waals surface area contributed by atoms with E-state index in [1.54, 1.807) is 0 Å². The van der Waals surface area contributed by atoms with E-state index in [1.165, 1.54) is 36.1 Å². The number of halogens is 1. The summed E-state index contributed by atoms with van der Waals surface area (Å²) in [5.41, 5.74) is 3.62. The standard InChI is InChI=1S/C24H33BrN2O2/c1-4-27-12-8-11-21(27)16-26-15-19-13-22(25)24(23(14-19)28-5-2)29-17-20-10-7-6-9-18(20)3/h6-7,9-10,13-14,21,26H,4-5,8,11-12,15-17H2,1-3H3/t21-/m1/s1. The number of nitrogens with one attached hydrogen (secondary N) is 1. The van der Waals surface area contributed by atoms with Gasteiger partial charge in [0.05, 0.1) is 11.1 Å². The number of likely N-dealkylation sites (tertiary alicyclic amines) is 1. The van der Waals surface area contributed by atoms with Gasteiger partial charge in [-0.15, -0.1) is 0 Å². The van der Waals surface area contributed by atoms with Crippen molar-refractivity contribution < 1.29 is 9.47 Å². The maximum Gasteiger partial charge on any atom is 0.175 e. The monoisotopic (exact) mass is 460 g/mol. The fraction of sp³-hybridized carbons (Fsp3) is 0.500. The summed E-state index contributed by atoms with van der Waals surface area (Å²) in [6, 6.07) is 13.2. The average Bonchev–Trinajstić information content (AvgIpc) is 3.16. The SMILES string of the molecule is CCOc1cc(CNC[C@H]2CCCN2CC)cc(Br)c1OCc1ccccc1C. The van der Waals surface area contributed by atoms with Crippen LogP contribution in [0.5, 0.6) is 11.5 Å². The van der Waals surface area contributed by atoms with E-state index in [1.807, 2.05) is 19.1 Å².